The van der Waals surface area contributed by atoms with Crippen LogP contribution in [-0.4, -0.2) is 12.5 Å². The third kappa shape index (κ3) is 3.44. The second-order valence-corrected chi connectivity index (χ2v) is 7.18. The zero-order chi connectivity index (χ0) is 18.8. The summed E-state index contributed by atoms with van der Waals surface area (Å²) >= 11 is 1.58. The quantitative estimate of drug-likeness (QED) is 0.647. The summed E-state index contributed by atoms with van der Waals surface area (Å²) in [7, 11) is 0. The number of anilines is 1. The van der Waals surface area contributed by atoms with Crippen molar-refractivity contribution in [3.8, 4) is 29.2 Å². The largest absolute Gasteiger partial charge is 0.481 e. The lowest BCUT2D eigenvalue weighted by Crippen LogP contribution is -2.22. The summed E-state index contributed by atoms with van der Waals surface area (Å²) in [4.78, 5) is 13.4. The number of hydrogen-bond acceptors (Lipinski definition) is 3. The minimum atomic E-state index is -0.298. The third-order valence-corrected chi connectivity index (χ3v) is 5.63. The zero-order valence-corrected chi connectivity index (χ0v) is 15.2. The smallest absolute Gasteiger partial charge is 0.225 e. The lowest BCUT2D eigenvalue weighted by molar-refractivity contribution is -0.116. The van der Waals surface area contributed by atoms with E-state index in [1.54, 1.807) is 17.4 Å². The van der Waals surface area contributed by atoms with Crippen molar-refractivity contribution in [1.82, 2.24) is 0 Å². The van der Waals surface area contributed by atoms with E-state index in [-0.39, 0.29) is 24.2 Å². The van der Waals surface area contributed by atoms with Crippen LogP contribution < -0.4 is 10.1 Å². The molecule has 27 heavy (non-hydrogen) atoms. The maximum atomic E-state index is 13.6. The van der Waals surface area contributed by atoms with Crippen molar-refractivity contribution in [2.24, 2.45) is 0 Å². The second kappa shape index (κ2) is 7.26. The second-order valence-electron chi connectivity index (χ2n) is 6.27. The van der Waals surface area contributed by atoms with Gasteiger partial charge in [-0.05, 0) is 35.4 Å². The van der Waals surface area contributed by atoms with Crippen molar-refractivity contribution < 1.29 is 13.9 Å². The van der Waals surface area contributed by atoms with Gasteiger partial charge < -0.3 is 10.1 Å². The van der Waals surface area contributed by atoms with Gasteiger partial charge in [-0.1, -0.05) is 30.2 Å². The van der Waals surface area contributed by atoms with Gasteiger partial charge in [-0.3, -0.25) is 4.79 Å². The zero-order valence-electron chi connectivity index (χ0n) is 14.4. The monoisotopic (exact) mass is 377 g/mol. The van der Waals surface area contributed by atoms with Crippen molar-refractivity contribution in [2.45, 2.75) is 12.3 Å². The van der Waals surface area contributed by atoms with Crippen LogP contribution in [0.25, 0.3) is 11.1 Å². The first-order valence-electron chi connectivity index (χ1n) is 8.49. The normalized spacial score (nSPS) is 15.6. The molecule has 2 heterocycles. The molecule has 3 nitrogen and oxygen atoms in total. The number of carbonyl (C=O) groups is 1. The Hall–Kier alpha value is -3.10. The molecule has 0 aliphatic carbocycles. The van der Waals surface area contributed by atoms with Crippen molar-refractivity contribution in [3.05, 3.63) is 70.2 Å². The fourth-order valence-corrected chi connectivity index (χ4v) is 4.45. The number of ether oxygens (including phenoxy) is 1. The Morgan fingerprint density at radius 3 is 2.81 bits per heavy atom. The molecule has 5 heteroatoms. The maximum absolute atomic E-state index is 13.6. The SMILES string of the molecule is C#CCOc1ccc([C@H]2CC(=O)Nc3c(-c4cccc(F)c4)csc32)cc1. The summed E-state index contributed by atoms with van der Waals surface area (Å²) < 4.78 is 19.0. The van der Waals surface area contributed by atoms with Crippen LogP contribution in [0.5, 0.6) is 5.75 Å². The number of carbonyl (C=O) groups excluding carboxylic acids is 1. The highest BCUT2D eigenvalue weighted by molar-refractivity contribution is 7.11. The van der Waals surface area contributed by atoms with Crippen LogP contribution in [0.1, 0.15) is 22.8 Å². The van der Waals surface area contributed by atoms with Gasteiger partial charge in [0.1, 0.15) is 18.2 Å². The van der Waals surface area contributed by atoms with E-state index in [2.05, 4.69) is 11.2 Å². The van der Waals surface area contributed by atoms with E-state index < -0.39 is 0 Å². The minimum Gasteiger partial charge on any atom is -0.481 e. The van der Waals surface area contributed by atoms with Gasteiger partial charge in [-0.15, -0.1) is 17.8 Å². The molecule has 4 rings (SSSR count). The van der Waals surface area contributed by atoms with E-state index in [9.17, 15) is 9.18 Å². The fourth-order valence-electron chi connectivity index (χ4n) is 3.29. The summed E-state index contributed by atoms with van der Waals surface area (Å²) in [5, 5.41) is 4.94. The van der Waals surface area contributed by atoms with E-state index in [0.29, 0.717) is 12.2 Å². The standard InChI is InChI=1S/C22H16FNO2S/c1-2-10-26-17-8-6-14(7-9-17)18-12-20(25)24-21-19(13-27-22(18)21)15-4-3-5-16(23)11-15/h1,3-9,11,13,18H,10,12H2,(H,24,25)/t18-/m1/s1. The molecule has 0 saturated carbocycles. The first-order chi connectivity index (χ1) is 13.2. The molecule has 0 radical (unpaired) electrons. The molecule has 1 aromatic heterocycles. The number of hydrogen-bond donors (Lipinski definition) is 1. The first kappa shape index (κ1) is 17.3. The first-order valence-corrected chi connectivity index (χ1v) is 9.37. The van der Waals surface area contributed by atoms with E-state index in [4.69, 9.17) is 11.2 Å². The van der Waals surface area contributed by atoms with E-state index in [1.807, 2.05) is 35.7 Å². The van der Waals surface area contributed by atoms with Gasteiger partial charge in [0.15, 0.2) is 0 Å². The van der Waals surface area contributed by atoms with Gasteiger partial charge in [0.2, 0.25) is 5.91 Å². The Bertz CT molecular complexity index is 1030. The molecule has 1 amide bonds. The van der Waals surface area contributed by atoms with E-state index in [1.165, 1.54) is 12.1 Å². The highest BCUT2D eigenvalue weighted by Crippen LogP contribution is 2.46. The summed E-state index contributed by atoms with van der Waals surface area (Å²) in [6.07, 6.45) is 5.59. The molecule has 0 saturated heterocycles. The molecule has 0 unspecified atom stereocenters. The summed E-state index contributed by atoms with van der Waals surface area (Å²) in [5.74, 6) is 2.75. The summed E-state index contributed by atoms with van der Waals surface area (Å²) in [6.45, 7) is 0.219. The summed E-state index contributed by atoms with van der Waals surface area (Å²) in [6, 6.07) is 14.1. The molecule has 0 spiro atoms. The van der Waals surface area contributed by atoms with Gasteiger partial charge in [0.05, 0.1) is 5.69 Å². The van der Waals surface area contributed by atoms with Crippen LogP contribution in [-0.2, 0) is 4.79 Å². The lowest BCUT2D eigenvalue weighted by Gasteiger charge is -2.24. The fraction of sp³-hybridized carbons (Fsp3) is 0.136. The number of halogens is 1. The molecule has 0 bridgehead atoms. The third-order valence-electron chi connectivity index (χ3n) is 4.53. The Kier molecular flexibility index (Phi) is 4.66. The Morgan fingerprint density at radius 2 is 2.07 bits per heavy atom. The van der Waals surface area contributed by atoms with Gasteiger partial charge in [-0.2, -0.15) is 0 Å². The summed E-state index contributed by atoms with van der Waals surface area (Å²) in [5.41, 5.74) is 3.42. The van der Waals surface area contributed by atoms with Crippen LogP contribution in [0, 0.1) is 18.2 Å². The van der Waals surface area contributed by atoms with Crippen LogP contribution >= 0.6 is 11.3 Å². The van der Waals surface area contributed by atoms with Crippen LogP contribution in [0.4, 0.5) is 10.1 Å². The molecule has 1 N–H and O–H groups in total. The number of amides is 1. The average Bonchev–Trinajstić information content (AvgIpc) is 3.10. The van der Waals surface area contributed by atoms with Crippen molar-refractivity contribution in [1.29, 1.82) is 0 Å². The van der Waals surface area contributed by atoms with E-state index >= 15 is 0 Å². The van der Waals surface area contributed by atoms with Gasteiger partial charge in [0.25, 0.3) is 0 Å². The molecule has 0 fully saturated rings. The number of nitrogens with one attached hydrogen (secondary N) is 1. The minimum absolute atomic E-state index is 0.0391. The maximum Gasteiger partial charge on any atom is 0.225 e. The Morgan fingerprint density at radius 1 is 1.26 bits per heavy atom. The number of fused-ring (bicyclic) bond motifs is 1. The van der Waals surface area contributed by atoms with Crippen LogP contribution in [0.2, 0.25) is 0 Å². The van der Waals surface area contributed by atoms with Crippen molar-refractivity contribution >= 4 is 22.9 Å². The van der Waals surface area contributed by atoms with Gasteiger partial charge in [0, 0.05) is 28.2 Å². The van der Waals surface area contributed by atoms with E-state index in [0.717, 1.165) is 27.3 Å². The molecule has 3 aromatic rings. The lowest BCUT2D eigenvalue weighted by atomic mass is 9.89. The molecule has 1 aliphatic heterocycles. The number of benzene rings is 2. The predicted molar refractivity (Wildman–Crippen MR) is 106 cm³/mol. The Balaban J connectivity index is 1.70. The van der Waals surface area contributed by atoms with Crippen molar-refractivity contribution in [2.75, 3.05) is 11.9 Å². The van der Waals surface area contributed by atoms with Crippen LogP contribution in [0.3, 0.4) is 0 Å². The highest BCUT2D eigenvalue weighted by atomic mass is 32.1. The van der Waals surface area contributed by atoms with Crippen LogP contribution in [0.15, 0.2) is 53.9 Å². The number of thiophene rings is 1. The average molecular weight is 377 g/mol. The molecular weight excluding hydrogens is 361 g/mol. The van der Waals surface area contributed by atoms with Gasteiger partial charge >= 0.3 is 0 Å². The number of rotatable bonds is 4. The predicted octanol–water partition coefficient (Wildman–Crippen LogP) is 5.04. The van der Waals surface area contributed by atoms with Gasteiger partial charge in [-0.25, -0.2) is 4.39 Å². The highest BCUT2D eigenvalue weighted by Gasteiger charge is 2.30. The topological polar surface area (TPSA) is 38.3 Å². The number of terminal acetylenes is 1. The molecule has 2 aromatic carbocycles. The molecular formula is C22H16FNO2S. The molecule has 134 valence electrons. The molecule has 1 aliphatic rings. The van der Waals surface area contributed by atoms with Crippen molar-refractivity contribution in [3.63, 3.8) is 0 Å². The Labute approximate surface area is 160 Å². The molecule has 1 atom stereocenters.